The van der Waals surface area contributed by atoms with Gasteiger partial charge in [0.2, 0.25) is 5.95 Å². The van der Waals surface area contributed by atoms with Gasteiger partial charge in [-0.15, -0.1) is 0 Å². The number of allylic oxidation sites excluding steroid dienone is 1. The molecule has 0 saturated heterocycles. The Morgan fingerprint density at radius 1 is 1.27 bits per heavy atom. The summed E-state index contributed by atoms with van der Waals surface area (Å²) in [6, 6.07) is 7.35. The molecule has 1 aromatic carbocycles. The van der Waals surface area contributed by atoms with Crippen LogP contribution in [0.5, 0.6) is 5.75 Å². The molecule has 0 aliphatic carbocycles. The van der Waals surface area contributed by atoms with Crippen LogP contribution in [-0.4, -0.2) is 33.9 Å². The lowest BCUT2D eigenvalue weighted by Crippen LogP contribution is -2.29. The van der Waals surface area contributed by atoms with Gasteiger partial charge in [0.25, 0.3) is 0 Å². The molecule has 1 N–H and O–H groups in total. The van der Waals surface area contributed by atoms with Gasteiger partial charge in [0.05, 0.1) is 18.8 Å². The average molecular weight is 356 g/mol. The van der Waals surface area contributed by atoms with Crippen molar-refractivity contribution in [2.75, 3.05) is 18.5 Å². The first kappa shape index (κ1) is 18.0. The smallest absolute Gasteiger partial charge is 0.338 e. The van der Waals surface area contributed by atoms with Gasteiger partial charge in [-0.1, -0.05) is 25.5 Å². The summed E-state index contributed by atoms with van der Waals surface area (Å²) >= 11 is 0. The maximum Gasteiger partial charge on any atom is 0.338 e. The van der Waals surface area contributed by atoms with Gasteiger partial charge in [0.15, 0.2) is 0 Å². The number of benzene rings is 1. The number of ether oxygens (including phenoxy) is 2. The molecule has 3 rings (SSSR count). The molecule has 7 heteroatoms. The van der Waals surface area contributed by atoms with Gasteiger partial charge in [-0.2, -0.15) is 10.1 Å². The highest BCUT2D eigenvalue weighted by atomic mass is 16.5. The van der Waals surface area contributed by atoms with E-state index in [0.717, 1.165) is 29.9 Å². The molecule has 1 aliphatic rings. The second-order valence-electron chi connectivity index (χ2n) is 6.09. The Morgan fingerprint density at radius 2 is 2.04 bits per heavy atom. The Kier molecular flexibility index (Phi) is 5.55. The number of anilines is 1. The number of esters is 1. The van der Waals surface area contributed by atoms with Crippen molar-refractivity contribution in [3.8, 4) is 5.75 Å². The van der Waals surface area contributed by atoms with E-state index in [0.29, 0.717) is 24.7 Å². The Labute approximate surface area is 153 Å². The van der Waals surface area contributed by atoms with Gasteiger partial charge in [0, 0.05) is 5.70 Å². The minimum absolute atomic E-state index is 0.316. The van der Waals surface area contributed by atoms with Crippen LogP contribution in [0.4, 0.5) is 5.95 Å². The second kappa shape index (κ2) is 8.03. The first-order chi connectivity index (χ1) is 12.7. The van der Waals surface area contributed by atoms with Crippen LogP contribution in [0.2, 0.25) is 0 Å². The Morgan fingerprint density at radius 3 is 2.73 bits per heavy atom. The monoisotopic (exact) mass is 356 g/mol. The minimum Gasteiger partial charge on any atom is -0.494 e. The summed E-state index contributed by atoms with van der Waals surface area (Å²) in [5.74, 6) is 1.06. The number of fused-ring (bicyclic) bond motifs is 1. The van der Waals surface area contributed by atoms with Crippen LogP contribution in [0, 0.1) is 0 Å². The second-order valence-corrected chi connectivity index (χ2v) is 6.09. The maximum absolute atomic E-state index is 12.6. The highest BCUT2D eigenvalue weighted by Crippen LogP contribution is 2.35. The van der Waals surface area contributed by atoms with Gasteiger partial charge in [0.1, 0.15) is 18.1 Å². The van der Waals surface area contributed by atoms with Crippen LogP contribution in [0.25, 0.3) is 0 Å². The van der Waals surface area contributed by atoms with Crippen molar-refractivity contribution in [3.05, 3.63) is 47.4 Å². The fraction of sp³-hybridized carbons (Fsp3) is 0.421. The van der Waals surface area contributed by atoms with Gasteiger partial charge >= 0.3 is 5.97 Å². The number of hydrogen-bond acceptors (Lipinski definition) is 6. The largest absolute Gasteiger partial charge is 0.494 e. The fourth-order valence-electron chi connectivity index (χ4n) is 2.95. The molecule has 2 aromatic rings. The van der Waals surface area contributed by atoms with Gasteiger partial charge in [-0.05, 0) is 38.0 Å². The maximum atomic E-state index is 12.6. The third-order valence-corrected chi connectivity index (χ3v) is 4.25. The molecule has 1 atom stereocenters. The topological polar surface area (TPSA) is 78.3 Å². The van der Waals surface area contributed by atoms with Crippen molar-refractivity contribution in [2.45, 2.75) is 39.7 Å². The molecule has 0 spiro atoms. The van der Waals surface area contributed by atoms with Crippen LogP contribution in [0.1, 0.15) is 45.2 Å². The van der Waals surface area contributed by atoms with Gasteiger partial charge < -0.3 is 14.8 Å². The minimum atomic E-state index is -0.391. The predicted molar refractivity (Wildman–Crippen MR) is 98.0 cm³/mol. The molecule has 2 heterocycles. The number of nitrogens with zero attached hydrogens (tertiary/aromatic N) is 3. The first-order valence-corrected chi connectivity index (χ1v) is 8.92. The van der Waals surface area contributed by atoms with E-state index in [1.54, 1.807) is 11.6 Å². The summed E-state index contributed by atoms with van der Waals surface area (Å²) in [6.07, 6.45) is 3.58. The van der Waals surface area contributed by atoms with E-state index in [9.17, 15) is 4.79 Å². The van der Waals surface area contributed by atoms with Crippen LogP contribution in [0.3, 0.4) is 0 Å². The predicted octanol–water partition coefficient (Wildman–Crippen LogP) is 3.31. The van der Waals surface area contributed by atoms with E-state index in [-0.39, 0.29) is 5.97 Å². The number of unbranched alkanes of at least 4 members (excludes halogenated alkanes) is 1. The van der Waals surface area contributed by atoms with E-state index in [4.69, 9.17) is 9.47 Å². The van der Waals surface area contributed by atoms with Gasteiger partial charge in [-0.3, -0.25) is 0 Å². The Hall–Kier alpha value is -2.83. The third-order valence-electron chi connectivity index (χ3n) is 4.25. The molecule has 26 heavy (non-hydrogen) atoms. The molecule has 0 fully saturated rings. The van der Waals surface area contributed by atoms with Crippen LogP contribution >= 0.6 is 0 Å². The number of carbonyl (C=O) groups is 1. The van der Waals surface area contributed by atoms with Crippen molar-refractivity contribution < 1.29 is 14.3 Å². The molecule has 0 amide bonds. The quantitative estimate of drug-likeness (QED) is 0.606. The molecular weight excluding hydrogens is 332 g/mol. The van der Waals surface area contributed by atoms with E-state index in [1.807, 2.05) is 31.2 Å². The van der Waals surface area contributed by atoms with Crippen LogP contribution in [-0.2, 0) is 9.53 Å². The lowest BCUT2D eigenvalue weighted by Gasteiger charge is -2.28. The van der Waals surface area contributed by atoms with Gasteiger partial charge in [-0.25, -0.2) is 9.48 Å². The van der Waals surface area contributed by atoms with Crippen molar-refractivity contribution in [3.63, 3.8) is 0 Å². The zero-order chi connectivity index (χ0) is 18.5. The summed E-state index contributed by atoms with van der Waals surface area (Å²) in [5.41, 5.74) is 2.17. The zero-order valence-electron chi connectivity index (χ0n) is 15.4. The summed E-state index contributed by atoms with van der Waals surface area (Å²) in [7, 11) is 0. The van der Waals surface area contributed by atoms with E-state index >= 15 is 0 Å². The molecule has 0 saturated carbocycles. The zero-order valence-corrected chi connectivity index (χ0v) is 15.4. The van der Waals surface area contributed by atoms with Crippen molar-refractivity contribution >= 4 is 11.9 Å². The first-order valence-electron chi connectivity index (χ1n) is 8.92. The Balaban J connectivity index is 1.93. The lowest BCUT2D eigenvalue weighted by atomic mass is 9.96. The van der Waals surface area contributed by atoms with E-state index in [2.05, 4.69) is 22.3 Å². The number of carbonyl (C=O) groups excluding carboxylic acids is 1. The highest BCUT2D eigenvalue weighted by molar-refractivity contribution is 5.92. The number of hydrogen-bond donors (Lipinski definition) is 1. The molecule has 1 unspecified atom stereocenters. The molecule has 7 nitrogen and oxygen atoms in total. The summed E-state index contributed by atoms with van der Waals surface area (Å²) in [4.78, 5) is 16.8. The van der Waals surface area contributed by atoms with Crippen LogP contribution < -0.4 is 10.1 Å². The lowest BCUT2D eigenvalue weighted by molar-refractivity contribution is -0.139. The number of rotatable bonds is 7. The molecule has 1 aliphatic heterocycles. The highest BCUT2D eigenvalue weighted by Gasteiger charge is 2.34. The summed E-state index contributed by atoms with van der Waals surface area (Å²) < 4.78 is 12.7. The summed E-state index contributed by atoms with van der Waals surface area (Å²) in [5, 5.41) is 7.41. The molecular formula is C19H24N4O3. The molecule has 1 aromatic heterocycles. The fourth-order valence-corrected chi connectivity index (χ4v) is 2.95. The number of nitrogens with one attached hydrogen (secondary N) is 1. The van der Waals surface area contributed by atoms with E-state index in [1.165, 1.54) is 6.33 Å². The van der Waals surface area contributed by atoms with Crippen molar-refractivity contribution in [1.82, 2.24) is 14.8 Å². The normalized spacial score (nSPS) is 16.0. The Bertz CT molecular complexity index is 795. The average Bonchev–Trinajstić information content (AvgIpc) is 3.09. The molecule has 138 valence electrons. The third kappa shape index (κ3) is 3.56. The van der Waals surface area contributed by atoms with Crippen LogP contribution in [0.15, 0.2) is 41.9 Å². The molecule has 0 radical (unpaired) electrons. The van der Waals surface area contributed by atoms with Crippen molar-refractivity contribution in [2.24, 2.45) is 0 Å². The van der Waals surface area contributed by atoms with Crippen molar-refractivity contribution in [1.29, 1.82) is 0 Å². The SMILES string of the molecule is CCCCOc1ccc(C2C(C(=O)OCC)=C(C)Nc3ncnn32)cc1. The summed E-state index contributed by atoms with van der Waals surface area (Å²) in [6.45, 7) is 6.78. The number of aromatic nitrogens is 3. The van der Waals surface area contributed by atoms with E-state index < -0.39 is 6.04 Å². The standard InChI is InChI=1S/C19H24N4O3/c1-4-6-11-26-15-9-7-14(8-10-15)17-16(18(24)25-5-2)13(3)22-19-20-12-21-23(17)19/h7-10,12,17H,4-6,11H2,1-3H3,(H,20,21,22). The molecule has 0 bridgehead atoms.